The smallest absolute Gasteiger partial charge is 0.122 e. The molecule has 2 rings (SSSR count). The lowest BCUT2D eigenvalue weighted by Crippen LogP contribution is -2.40. The molecule has 1 aromatic heterocycles. The summed E-state index contributed by atoms with van der Waals surface area (Å²) in [4.78, 5) is 6.62. The van der Waals surface area contributed by atoms with Gasteiger partial charge in [-0.15, -0.1) is 0 Å². The molecule has 17 heavy (non-hydrogen) atoms. The molecular weight excluding hydrogens is 216 g/mol. The highest BCUT2D eigenvalue weighted by Gasteiger charge is 2.14. The van der Waals surface area contributed by atoms with E-state index in [4.69, 9.17) is 4.74 Å². The van der Waals surface area contributed by atoms with Crippen molar-refractivity contribution in [3.63, 3.8) is 0 Å². The van der Waals surface area contributed by atoms with Gasteiger partial charge >= 0.3 is 0 Å². The van der Waals surface area contributed by atoms with Crippen molar-refractivity contribution in [2.75, 3.05) is 33.3 Å². The van der Waals surface area contributed by atoms with Gasteiger partial charge < -0.3 is 14.6 Å². The number of imidazole rings is 1. The van der Waals surface area contributed by atoms with Crippen LogP contribution in [0.3, 0.4) is 0 Å². The second-order valence-electron chi connectivity index (χ2n) is 4.68. The number of rotatable bonds is 5. The lowest BCUT2D eigenvalue weighted by molar-refractivity contribution is 0.0182. The molecule has 1 aliphatic rings. The first-order valence-corrected chi connectivity index (χ1v) is 6.23. The number of aromatic nitrogens is 2. The zero-order valence-electron chi connectivity index (χ0n) is 10.7. The van der Waals surface area contributed by atoms with Crippen LogP contribution < -0.4 is 5.32 Å². The van der Waals surface area contributed by atoms with Crippen LogP contribution in [0.4, 0.5) is 0 Å². The van der Waals surface area contributed by atoms with Crippen LogP contribution in [0.1, 0.15) is 12.2 Å². The van der Waals surface area contributed by atoms with Crippen LogP contribution in [0.2, 0.25) is 0 Å². The van der Waals surface area contributed by atoms with Gasteiger partial charge in [0.25, 0.3) is 0 Å². The predicted molar refractivity (Wildman–Crippen MR) is 66.8 cm³/mol. The first kappa shape index (κ1) is 12.5. The summed E-state index contributed by atoms with van der Waals surface area (Å²) < 4.78 is 7.74. The maximum Gasteiger partial charge on any atom is 0.122 e. The average molecular weight is 238 g/mol. The van der Waals surface area contributed by atoms with Crippen LogP contribution in [0.5, 0.6) is 0 Å². The fourth-order valence-electron chi connectivity index (χ4n) is 2.04. The summed E-state index contributed by atoms with van der Waals surface area (Å²) in [7, 11) is 4.16. The molecular formula is C12H22N4O. The highest BCUT2D eigenvalue weighted by molar-refractivity contribution is 4.90. The first-order valence-electron chi connectivity index (χ1n) is 6.23. The van der Waals surface area contributed by atoms with Gasteiger partial charge in [-0.25, -0.2) is 4.98 Å². The maximum atomic E-state index is 5.68. The largest absolute Gasteiger partial charge is 0.376 e. The maximum absolute atomic E-state index is 5.68. The van der Waals surface area contributed by atoms with E-state index in [0.29, 0.717) is 6.10 Å². The van der Waals surface area contributed by atoms with Gasteiger partial charge in [-0.2, -0.15) is 0 Å². The number of nitrogens with one attached hydrogen (secondary N) is 1. The Bertz CT molecular complexity index is 333. The molecule has 0 spiro atoms. The molecule has 0 aliphatic carbocycles. The Morgan fingerprint density at radius 2 is 2.53 bits per heavy atom. The number of nitrogens with zero attached hydrogens (tertiary/aromatic N) is 3. The normalized spacial score (nSPS) is 21.0. The van der Waals surface area contributed by atoms with Crippen LogP contribution in [-0.2, 0) is 18.3 Å². The Kier molecular flexibility index (Phi) is 4.53. The predicted octanol–water partition coefficient (Wildman–Crippen LogP) is 0.230. The molecule has 1 fully saturated rings. The van der Waals surface area contributed by atoms with Crippen molar-refractivity contribution < 1.29 is 4.74 Å². The number of ether oxygens (including phenoxy) is 1. The first-order chi connectivity index (χ1) is 8.25. The Labute approximate surface area is 103 Å². The molecule has 0 aromatic carbocycles. The third kappa shape index (κ3) is 3.80. The molecule has 0 amide bonds. The topological polar surface area (TPSA) is 42.3 Å². The van der Waals surface area contributed by atoms with E-state index in [1.54, 1.807) is 0 Å². The fraction of sp³-hybridized carbons (Fsp3) is 0.750. The second kappa shape index (κ2) is 6.14. The van der Waals surface area contributed by atoms with Gasteiger partial charge in [-0.1, -0.05) is 0 Å². The standard InChI is InChI=1S/C12H22N4O/c1-15(10-12-14-4-7-16(12)2)6-3-11-9-13-5-8-17-11/h4,7,11,13H,3,5-6,8-10H2,1-2H3. The lowest BCUT2D eigenvalue weighted by atomic mass is 10.2. The van der Waals surface area contributed by atoms with Gasteiger partial charge in [-0.3, -0.25) is 4.90 Å². The van der Waals surface area contributed by atoms with E-state index in [9.17, 15) is 0 Å². The zero-order valence-corrected chi connectivity index (χ0v) is 10.7. The van der Waals surface area contributed by atoms with Crippen LogP contribution in [-0.4, -0.2) is 53.8 Å². The number of morpholine rings is 1. The Morgan fingerprint density at radius 1 is 1.65 bits per heavy atom. The number of aryl methyl sites for hydroxylation is 1. The van der Waals surface area contributed by atoms with Crippen molar-refractivity contribution >= 4 is 0 Å². The molecule has 1 N–H and O–H groups in total. The van der Waals surface area contributed by atoms with E-state index >= 15 is 0 Å². The molecule has 1 atom stereocenters. The minimum atomic E-state index is 0.368. The fourth-order valence-corrected chi connectivity index (χ4v) is 2.04. The molecule has 1 unspecified atom stereocenters. The molecule has 1 aromatic rings. The van der Waals surface area contributed by atoms with Crippen molar-refractivity contribution in [3.05, 3.63) is 18.2 Å². The van der Waals surface area contributed by atoms with Gasteiger partial charge in [0.1, 0.15) is 5.82 Å². The summed E-state index contributed by atoms with van der Waals surface area (Å²) in [6, 6.07) is 0. The van der Waals surface area contributed by atoms with Crippen molar-refractivity contribution in [3.8, 4) is 0 Å². The van der Waals surface area contributed by atoms with Crippen LogP contribution in [0, 0.1) is 0 Å². The molecule has 1 aliphatic heterocycles. The Hall–Kier alpha value is -0.910. The average Bonchev–Trinajstić information content (AvgIpc) is 2.74. The summed E-state index contributed by atoms with van der Waals surface area (Å²) in [5.41, 5.74) is 0. The van der Waals surface area contributed by atoms with Crippen LogP contribution in [0.25, 0.3) is 0 Å². The third-order valence-corrected chi connectivity index (χ3v) is 3.17. The van der Waals surface area contributed by atoms with Crippen molar-refractivity contribution in [2.24, 2.45) is 7.05 Å². The molecule has 0 saturated carbocycles. The van der Waals surface area contributed by atoms with Crippen molar-refractivity contribution in [1.82, 2.24) is 19.8 Å². The summed E-state index contributed by atoms with van der Waals surface area (Å²) in [5, 5.41) is 3.35. The number of hydrogen-bond acceptors (Lipinski definition) is 4. The van der Waals surface area contributed by atoms with Crippen molar-refractivity contribution in [2.45, 2.75) is 19.1 Å². The van der Waals surface area contributed by atoms with Crippen LogP contribution >= 0.6 is 0 Å². The van der Waals surface area contributed by atoms with Crippen molar-refractivity contribution in [1.29, 1.82) is 0 Å². The van der Waals surface area contributed by atoms with Gasteiger partial charge in [0.15, 0.2) is 0 Å². The summed E-state index contributed by atoms with van der Waals surface area (Å²) in [5.74, 6) is 1.11. The van der Waals surface area contributed by atoms with Gasteiger partial charge in [0.05, 0.1) is 19.3 Å². The van der Waals surface area contributed by atoms with E-state index < -0.39 is 0 Å². The minimum absolute atomic E-state index is 0.368. The minimum Gasteiger partial charge on any atom is -0.376 e. The Balaban J connectivity index is 1.70. The van der Waals surface area contributed by atoms with E-state index in [0.717, 1.165) is 45.0 Å². The van der Waals surface area contributed by atoms with E-state index in [2.05, 4.69) is 26.8 Å². The van der Waals surface area contributed by atoms with Gasteiger partial charge in [0, 0.05) is 39.1 Å². The summed E-state index contributed by atoms with van der Waals surface area (Å²) in [6.45, 7) is 4.74. The van der Waals surface area contributed by atoms with E-state index in [1.165, 1.54) is 0 Å². The van der Waals surface area contributed by atoms with Gasteiger partial charge in [0.2, 0.25) is 0 Å². The second-order valence-corrected chi connectivity index (χ2v) is 4.68. The monoisotopic (exact) mass is 238 g/mol. The lowest BCUT2D eigenvalue weighted by Gasteiger charge is -2.25. The summed E-state index contributed by atoms with van der Waals surface area (Å²) in [6.07, 6.45) is 5.27. The van der Waals surface area contributed by atoms with Crippen LogP contribution in [0.15, 0.2) is 12.4 Å². The highest BCUT2D eigenvalue weighted by atomic mass is 16.5. The summed E-state index contributed by atoms with van der Waals surface area (Å²) >= 11 is 0. The highest BCUT2D eigenvalue weighted by Crippen LogP contribution is 2.05. The molecule has 0 radical (unpaired) electrons. The quantitative estimate of drug-likeness (QED) is 0.797. The SMILES string of the molecule is CN(CCC1CNCCO1)Cc1nccn1C. The molecule has 5 heteroatoms. The Morgan fingerprint density at radius 3 is 3.18 bits per heavy atom. The number of hydrogen-bond donors (Lipinski definition) is 1. The molecule has 0 bridgehead atoms. The molecule has 96 valence electrons. The van der Waals surface area contributed by atoms with E-state index in [-0.39, 0.29) is 0 Å². The van der Waals surface area contributed by atoms with Gasteiger partial charge in [-0.05, 0) is 13.5 Å². The zero-order chi connectivity index (χ0) is 12.1. The molecule has 5 nitrogen and oxygen atoms in total. The third-order valence-electron chi connectivity index (χ3n) is 3.17. The molecule has 1 saturated heterocycles. The van der Waals surface area contributed by atoms with E-state index in [1.807, 2.05) is 19.4 Å². The molecule has 2 heterocycles.